The van der Waals surface area contributed by atoms with Gasteiger partial charge in [0.15, 0.2) is 0 Å². The second-order valence-electron chi connectivity index (χ2n) is 4.45. The molecule has 0 aliphatic rings. The molecule has 2 nitrogen and oxygen atoms in total. The van der Waals surface area contributed by atoms with Crippen LogP contribution in [0.1, 0.15) is 18.4 Å². The van der Waals surface area contributed by atoms with E-state index >= 15 is 0 Å². The topological polar surface area (TPSA) is 26.3 Å². The number of aryl methyl sites for hydroxylation is 1. The lowest BCUT2D eigenvalue weighted by Crippen LogP contribution is -2.01. The van der Waals surface area contributed by atoms with Gasteiger partial charge in [-0.15, -0.1) is 0 Å². The molecule has 0 fully saturated rings. The Kier molecular flexibility index (Phi) is 4.73. The molecule has 0 bridgehead atoms. The lowest BCUT2D eigenvalue weighted by molar-refractivity contribution is -0.140. The minimum atomic E-state index is -0.141. The summed E-state index contributed by atoms with van der Waals surface area (Å²) in [5.74, 6) is -0.141. The number of ether oxygens (including phenoxy) is 1. The first-order valence-corrected chi connectivity index (χ1v) is 6.51. The van der Waals surface area contributed by atoms with Crippen LogP contribution >= 0.6 is 0 Å². The molecular formula is C17H18O2. The molecule has 0 unspecified atom stereocenters. The van der Waals surface area contributed by atoms with E-state index in [0.29, 0.717) is 6.42 Å². The van der Waals surface area contributed by atoms with E-state index in [-0.39, 0.29) is 5.97 Å². The van der Waals surface area contributed by atoms with E-state index in [2.05, 4.69) is 29.0 Å². The quantitative estimate of drug-likeness (QED) is 0.757. The van der Waals surface area contributed by atoms with Crippen molar-refractivity contribution in [3.8, 4) is 11.1 Å². The molecule has 0 aromatic heterocycles. The minimum absolute atomic E-state index is 0.141. The van der Waals surface area contributed by atoms with Crippen molar-refractivity contribution in [2.24, 2.45) is 0 Å². The summed E-state index contributed by atoms with van der Waals surface area (Å²) < 4.78 is 4.66. The summed E-state index contributed by atoms with van der Waals surface area (Å²) in [7, 11) is 1.43. The van der Waals surface area contributed by atoms with Crippen molar-refractivity contribution in [3.05, 3.63) is 60.2 Å². The zero-order valence-corrected chi connectivity index (χ0v) is 11.1. The van der Waals surface area contributed by atoms with Gasteiger partial charge in [0.25, 0.3) is 0 Å². The number of hydrogen-bond acceptors (Lipinski definition) is 2. The van der Waals surface area contributed by atoms with E-state index in [1.807, 2.05) is 30.3 Å². The van der Waals surface area contributed by atoms with E-state index in [1.54, 1.807) is 0 Å². The third-order valence-corrected chi connectivity index (χ3v) is 3.16. The Morgan fingerprint density at radius 1 is 1.00 bits per heavy atom. The summed E-state index contributed by atoms with van der Waals surface area (Å²) in [5.41, 5.74) is 3.74. The zero-order chi connectivity index (χ0) is 13.5. The molecule has 0 atom stereocenters. The molecule has 2 heteroatoms. The van der Waals surface area contributed by atoms with Gasteiger partial charge < -0.3 is 4.74 Å². The molecule has 0 N–H and O–H groups in total. The third kappa shape index (κ3) is 3.68. The molecule has 0 radical (unpaired) electrons. The first-order valence-electron chi connectivity index (χ1n) is 6.51. The molecule has 2 aromatic carbocycles. The normalized spacial score (nSPS) is 10.2. The molecule has 2 aromatic rings. The minimum Gasteiger partial charge on any atom is -0.469 e. The first-order chi connectivity index (χ1) is 9.31. The Labute approximate surface area is 114 Å². The Morgan fingerprint density at radius 3 is 2.42 bits per heavy atom. The monoisotopic (exact) mass is 254 g/mol. The highest BCUT2D eigenvalue weighted by Crippen LogP contribution is 2.24. The molecule has 0 saturated carbocycles. The summed E-state index contributed by atoms with van der Waals surface area (Å²) >= 11 is 0. The van der Waals surface area contributed by atoms with Gasteiger partial charge in [0.1, 0.15) is 0 Å². The highest BCUT2D eigenvalue weighted by atomic mass is 16.5. The maximum atomic E-state index is 11.1. The van der Waals surface area contributed by atoms with Gasteiger partial charge in [0.05, 0.1) is 7.11 Å². The number of esters is 1. The van der Waals surface area contributed by atoms with E-state index < -0.39 is 0 Å². The van der Waals surface area contributed by atoms with E-state index in [1.165, 1.54) is 23.8 Å². The van der Waals surface area contributed by atoms with Crippen LogP contribution < -0.4 is 0 Å². The molecular weight excluding hydrogens is 236 g/mol. The van der Waals surface area contributed by atoms with Crippen molar-refractivity contribution in [2.45, 2.75) is 19.3 Å². The van der Waals surface area contributed by atoms with E-state index in [9.17, 15) is 4.79 Å². The molecule has 0 amide bonds. The molecule has 2 rings (SSSR count). The highest BCUT2D eigenvalue weighted by molar-refractivity contribution is 5.69. The van der Waals surface area contributed by atoms with Crippen molar-refractivity contribution in [1.82, 2.24) is 0 Å². The molecule has 0 spiro atoms. The molecule has 0 heterocycles. The fourth-order valence-electron chi connectivity index (χ4n) is 2.16. The Bertz CT molecular complexity index is 532. The van der Waals surface area contributed by atoms with Crippen LogP contribution in [0, 0.1) is 0 Å². The Morgan fingerprint density at radius 2 is 1.68 bits per heavy atom. The van der Waals surface area contributed by atoms with E-state index in [4.69, 9.17) is 0 Å². The number of carbonyl (C=O) groups is 1. The summed E-state index contributed by atoms with van der Waals surface area (Å²) in [6, 6.07) is 18.7. The average Bonchev–Trinajstić information content (AvgIpc) is 2.48. The van der Waals surface area contributed by atoms with Crippen LogP contribution in [0.4, 0.5) is 0 Å². The molecule has 19 heavy (non-hydrogen) atoms. The Hall–Kier alpha value is -2.09. The van der Waals surface area contributed by atoms with Crippen LogP contribution in [0.2, 0.25) is 0 Å². The summed E-state index contributed by atoms with van der Waals surface area (Å²) in [6.45, 7) is 0. The molecule has 0 aliphatic heterocycles. The standard InChI is InChI=1S/C17H18O2/c1-19-17(18)13-7-11-15-10-5-6-12-16(15)14-8-3-2-4-9-14/h2-6,8-10,12H,7,11,13H2,1H3. The second-order valence-corrected chi connectivity index (χ2v) is 4.45. The maximum absolute atomic E-state index is 11.1. The maximum Gasteiger partial charge on any atom is 0.305 e. The predicted molar refractivity (Wildman–Crippen MR) is 76.8 cm³/mol. The molecule has 0 aliphatic carbocycles. The number of carbonyl (C=O) groups excluding carboxylic acids is 1. The largest absolute Gasteiger partial charge is 0.469 e. The van der Waals surface area contributed by atoms with E-state index in [0.717, 1.165) is 12.8 Å². The van der Waals surface area contributed by atoms with Crippen LogP contribution in [-0.2, 0) is 16.0 Å². The fourth-order valence-corrected chi connectivity index (χ4v) is 2.16. The van der Waals surface area contributed by atoms with Crippen LogP contribution in [-0.4, -0.2) is 13.1 Å². The van der Waals surface area contributed by atoms with Gasteiger partial charge in [-0.05, 0) is 29.5 Å². The zero-order valence-electron chi connectivity index (χ0n) is 11.1. The smallest absolute Gasteiger partial charge is 0.305 e. The number of methoxy groups -OCH3 is 1. The van der Waals surface area contributed by atoms with Gasteiger partial charge in [-0.1, -0.05) is 54.6 Å². The first kappa shape index (κ1) is 13.3. The average molecular weight is 254 g/mol. The lowest BCUT2D eigenvalue weighted by Gasteiger charge is -2.09. The van der Waals surface area contributed by atoms with Crippen molar-refractivity contribution in [2.75, 3.05) is 7.11 Å². The van der Waals surface area contributed by atoms with Gasteiger partial charge in [-0.2, -0.15) is 0 Å². The highest BCUT2D eigenvalue weighted by Gasteiger charge is 2.05. The van der Waals surface area contributed by atoms with Gasteiger partial charge in [0, 0.05) is 6.42 Å². The van der Waals surface area contributed by atoms with Crippen molar-refractivity contribution >= 4 is 5.97 Å². The lowest BCUT2D eigenvalue weighted by atomic mass is 9.96. The number of rotatable bonds is 5. The van der Waals surface area contributed by atoms with Gasteiger partial charge in [0.2, 0.25) is 0 Å². The molecule has 98 valence electrons. The van der Waals surface area contributed by atoms with Crippen molar-refractivity contribution < 1.29 is 9.53 Å². The SMILES string of the molecule is COC(=O)CCCc1ccccc1-c1ccccc1. The summed E-state index contributed by atoms with van der Waals surface area (Å²) in [4.78, 5) is 11.1. The van der Waals surface area contributed by atoms with Crippen molar-refractivity contribution in [1.29, 1.82) is 0 Å². The van der Waals surface area contributed by atoms with Gasteiger partial charge in [-0.25, -0.2) is 0 Å². The van der Waals surface area contributed by atoms with Crippen LogP contribution in [0.15, 0.2) is 54.6 Å². The summed E-state index contributed by atoms with van der Waals surface area (Å²) in [6.07, 6.45) is 2.18. The van der Waals surface area contributed by atoms with Gasteiger partial charge in [-0.3, -0.25) is 4.79 Å². The predicted octanol–water partition coefficient (Wildman–Crippen LogP) is 3.85. The van der Waals surface area contributed by atoms with Crippen molar-refractivity contribution in [3.63, 3.8) is 0 Å². The van der Waals surface area contributed by atoms with Gasteiger partial charge >= 0.3 is 5.97 Å². The van der Waals surface area contributed by atoms with Crippen LogP contribution in [0.5, 0.6) is 0 Å². The Balaban J connectivity index is 2.11. The van der Waals surface area contributed by atoms with Crippen LogP contribution in [0.3, 0.4) is 0 Å². The number of hydrogen-bond donors (Lipinski definition) is 0. The number of benzene rings is 2. The van der Waals surface area contributed by atoms with Crippen LogP contribution in [0.25, 0.3) is 11.1 Å². The fraction of sp³-hybridized carbons (Fsp3) is 0.235. The third-order valence-electron chi connectivity index (χ3n) is 3.16. The molecule has 0 saturated heterocycles. The second kappa shape index (κ2) is 6.74. The summed E-state index contributed by atoms with van der Waals surface area (Å²) in [5, 5.41) is 0.